The number of para-hydroxylation sites is 1. The van der Waals surface area contributed by atoms with E-state index < -0.39 is 10.0 Å². The van der Waals surface area contributed by atoms with Gasteiger partial charge in [0.2, 0.25) is 10.0 Å². The smallest absolute Gasteiger partial charge is 0.211 e. The van der Waals surface area contributed by atoms with E-state index in [1.807, 2.05) is 42.7 Å². The highest BCUT2D eigenvalue weighted by Gasteiger charge is 2.42. The summed E-state index contributed by atoms with van der Waals surface area (Å²) in [6, 6.07) is 12.2. The molecule has 1 fully saturated rings. The second kappa shape index (κ2) is 7.22. The van der Waals surface area contributed by atoms with E-state index in [-0.39, 0.29) is 5.60 Å². The van der Waals surface area contributed by atoms with Gasteiger partial charge < -0.3 is 4.74 Å². The van der Waals surface area contributed by atoms with Crippen LogP contribution >= 0.6 is 0 Å². The van der Waals surface area contributed by atoms with E-state index in [1.165, 1.54) is 17.4 Å². The highest BCUT2D eigenvalue weighted by molar-refractivity contribution is 7.88. The monoisotopic (exact) mass is 387 g/mol. The first-order valence-electron chi connectivity index (χ1n) is 9.27. The maximum absolute atomic E-state index is 11.9. The number of nitrogens with zero attached hydrogens (tertiary/aromatic N) is 3. The number of hydrogen-bond donors (Lipinski definition) is 0. The Balaban J connectivity index is 1.60. The Hall–Kier alpha value is -1.96. The first-order valence-corrected chi connectivity index (χ1v) is 11.1. The molecule has 1 spiro atoms. The molecule has 27 heavy (non-hydrogen) atoms. The molecule has 1 aromatic carbocycles. The van der Waals surface area contributed by atoms with Gasteiger partial charge in [0, 0.05) is 63.5 Å². The first kappa shape index (κ1) is 18.4. The van der Waals surface area contributed by atoms with Gasteiger partial charge in [-0.1, -0.05) is 18.2 Å². The van der Waals surface area contributed by atoms with Crippen LogP contribution in [0.2, 0.25) is 0 Å². The second-order valence-corrected chi connectivity index (χ2v) is 9.54. The summed E-state index contributed by atoms with van der Waals surface area (Å²) >= 11 is 0. The third kappa shape index (κ3) is 4.15. The molecule has 0 saturated carbocycles. The lowest BCUT2D eigenvalue weighted by Crippen LogP contribution is -2.54. The van der Waals surface area contributed by atoms with Crippen LogP contribution in [0.4, 0.5) is 0 Å². The number of piperidine rings is 1. The molecule has 0 unspecified atom stereocenters. The summed E-state index contributed by atoms with van der Waals surface area (Å²) in [7, 11) is -3.16. The number of benzene rings is 1. The summed E-state index contributed by atoms with van der Waals surface area (Å²) in [4.78, 5) is 6.50. The summed E-state index contributed by atoms with van der Waals surface area (Å²) in [6.45, 7) is 3.42. The normalized spacial score (nSPS) is 20.6. The van der Waals surface area contributed by atoms with Crippen LogP contribution in [0.5, 0.6) is 5.75 Å². The Morgan fingerprint density at radius 2 is 1.81 bits per heavy atom. The van der Waals surface area contributed by atoms with Crippen LogP contribution in [0.15, 0.2) is 48.8 Å². The fraction of sp³-hybridized carbons (Fsp3) is 0.450. The average Bonchev–Trinajstić information content (AvgIpc) is 2.78. The molecule has 0 bridgehead atoms. The van der Waals surface area contributed by atoms with Crippen molar-refractivity contribution in [3.05, 3.63) is 59.9 Å². The van der Waals surface area contributed by atoms with Crippen molar-refractivity contribution in [2.45, 2.75) is 31.5 Å². The second-order valence-electron chi connectivity index (χ2n) is 7.56. The van der Waals surface area contributed by atoms with E-state index in [2.05, 4.69) is 16.0 Å². The molecule has 0 N–H and O–H groups in total. The van der Waals surface area contributed by atoms with Gasteiger partial charge in [0.05, 0.1) is 6.26 Å². The van der Waals surface area contributed by atoms with Crippen LogP contribution in [-0.2, 0) is 23.1 Å². The molecule has 144 valence electrons. The quantitative estimate of drug-likeness (QED) is 0.809. The molecule has 0 atom stereocenters. The van der Waals surface area contributed by atoms with Crippen LogP contribution < -0.4 is 4.74 Å². The van der Waals surface area contributed by atoms with Crippen molar-refractivity contribution in [1.29, 1.82) is 0 Å². The number of aromatic nitrogens is 1. The van der Waals surface area contributed by atoms with Gasteiger partial charge in [0.15, 0.2) is 0 Å². The van der Waals surface area contributed by atoms with Crippen LogP contribution in [-0.4, -0.2) is 54.1 Å². The molecule has 6 nitrogen and oxygen atoms in total. The Bertz CT molecular complexity index is 894. The van der Waals surface area contributed by atoms with Crippen molar-refractivity contribution >= 4 is 10.0 Å². The zero-order chi connectivity index (χ0) is 18.9. The van der Waals surface area contributed by atoms with Crippen molar-refractivity contribution in [1.82, 2.24) is 14.2 Å². The summed E-state index contributed by atoms with van der Waals surface area (Å²) in [5.41, 5.74) is 2.03. The molecule has 2 aliphatic heterocycles. The number of rotatable bonds is 3. The lowest BCUT2D eigenvalue weighted by atomic mass is 9.91. The number of pyridine rings is 1. The molecule has 0 aliphatic carbocycles. The summed E-state index contributed by atoms with van der Waals surface area (Å²) in [5, 5.41) is 0. The molecular weight excluding hydrogens is 362 g/mol. The molecule has 4 rings (SSSR count). The number of sulfonamides is 1. The van der Waals surface area contributed by atoms with Crippen LogP contribution in [0, 0.1) is 0 Å². The fourth-order valence-corrected chi connectivity index (χ4v) is 4.89. The molecule has 2 aromatic rings. The van der Waals surface area contributed by atoms with Crippen molar-refractivity contribution in [2.24, 2.45) is 0 Å². The summed E-state index contributed by atoms with van der Waals surface area (Å²) in [5.74, 6) is 0.919. The minimum atomic E-state index is -3.16. The van der Waals surface area contributed by atoms with Crippen molar-refractivity contribution in [2.75, 3.05) is 25.9 Å². The molecule has 2 aliphatic rings. The molecule has 1 aromatic heterocycles. The van der Waals surface area contributed by atoms with E-state index in [0.29, 0.717) is 25.9 Å². The third-order valence-corrected chi connectivity index (χ3v) is 6.77. The molecule has 0 radical (unpaired) electrons. The number of ether oxygens (including phenoxy) is 1. The largest absolute Gasteiger partial charge is 0.486 e. The summed E-state index contributed by atoms with van der Waals surface area (Å²) < 4.78 is 31.9. The number of fused-ring (bicyclic) bond motifs is 1. The lowest BCUT2D eigenvalue weighted by Gasteiger charge is -2.42. The predicted molar refractivity (Wildman–Crippen MR) is 104 cm³/mol. The van der Waals surface area contributed by atoms with E-state index in [4.69, 9.17) is 4.74 Å². The molecule has 3 heterocycles. The molecule has 0 amide bonds. The average molecular weight is 388 g/mol. The van der Waals surface area contributed by atoms with Gasteiger partial charge in [-0.15, -0.1) is 0 Å². The molecular formula is C20H25N3O3S. The van der Waals surface area contributed by atoms with E-state index in [0.717, 1.165) is 25.4 Å². The topological polar surface area (TPSA) is 62.7 Å². The number of hydrogen-bond acceptors (Lipinski definition) is 5. The third-order valence-electron chi connectivity index (χ3n) is 5.46. The Kier molecular flexibility index (Phi) is 4.92. The minimum Gasteiger partial charge on any atom is -0.486 e. The minimum absolute atomic E-state index is 0.360. The Morgan fingerprint density at radius 1 is 1.11 bits per heavy atom. The SMILES string of the molecule is CS(=O)(=O)N1CCC2(CC1)CN(Cc1ccncc1)Cc1ccccc1O2. The highest BCUT2D eigenvalue weighted by Crippen LogP contribution is 2.36. The summed E-state index contributed by atoms with van der Waals surface area (Å²) in [6.07, 6.45) is 6.31. The van der Waals surface area contributed by atoms with Gasteiger partial charge in [-0.25, -0.2) is 12.7 Å². The maximum atomic E-state index is 11.9. The van der Waals surface area contributed by atoms with Crippen molar-refractivity contribution in [3.8, 4) is 5.75 Å². The van der Waals surface area contributed by atoms with Gasteiger partial charge >= 0.3 is 0 Å². The highest BCUT2D eigenvalue weighted by atomic mass is 32.2. The zero-order valence-corrected chi connectivity index (χ0v) is 16.4. The first-order chi connectivity index (χ1) is 12.9. The zero-order valence-electron chi connectivity index (χ0n) is 15.5. The standard InChI is InChI=1S/C20H25N3O3S/c1-27(24,25)23-12-8-20(9-13-23)16-22(14-17-6-10-21-11-7-17)15-18-4-2-3-5-19(18)26-20/h2-7,10-11H,8-9,12-16H2,1H3. The van der Waals surface area contributed by atoms with Gasteiger partial charge in [-0.2, -0.15) is 0 Å². The Labute approximate surface area is 160 Å². The van der Waals surface area contributed by atoms with Gasteiger partial charge in [-0.3, -0.25) is 9.88 Å². The van der Waals surface area contributed by atoms with Crippen LogP contribution in [0.3, 0.4) is 0 Å². The lowest BCUT2D eigenvalue weighted by molar-refractivity contribution is -0.00492. The fourth-order valence-electron chi connectivity index (χ4n) is 4.05. The van der Waals surface area contributed by atoms with Gasteiger partial charge in [0.25, 0.3) is 0 Å². The Morgan fingerprint density at radius 3 is 2.52 bits per heavy atom. The molecule has 7 heteroatoms. The van der Waals surface area contributed by atoms with Crippen molar-refractivity contribution in [3.63, 3.8) is 0 Å². The van der Waals surface area contributed by atoms with E-state index in [9.17, 15) is 8.42 Å². The van der Waals surface area contributed by atoms with Crippen LogP contribution in [0.25, 0.3) is 0 Å². The molecule has 1 saturated heterocycles. The van der Waals surface area contributed by atoms with Gasteiger partial charge in [-0.05, 0) is 23.8 Å². The van der Waals surface area contributed by atoms with E-state index in [1.54, 1.807) is 4.31 Å². The maximum Gasteiger partial charge on any atom is 0.211 e. The van der Waals surface area contributed by atoms with Crippen molar-refractivity contribution < 1.29 is 13.2 Å². The predicted octanol–water partition coefficient (Wildman–Crippen LogP) is 2.27. The van der Waals surface area contributed by atoms with Crippen LogP contribution in [0.1, 0.15) is 24.0 Å². The van der Waals surface area contributed by atoms with E-state index >= 15 is 0 Å². The van der Waals surface area contributed by atoms with Gasteiger partial charge in [0.1, 0.15) is 11.4 Å².